The van der Waals surface area contributed by atoms with Crippen LogP contribution in [0.2, 0.25) is 0 Å². The summed E-state index contributed by atoms with van der Waals surface area (Å²) in [5.74, 6) is 1.37. The predicted molar refractivity (Wildman–Crippen MR) is 100 cm³/mol. The Morgan fingerprint density at radius 3 is 2.64 bits per heavy atom. The Morgan fingerprint density at radius 1 is 1.00 bits per heavy atom. The van der Waals surface area contributed by atoms with Gasteiger partial charge in [0.05, 0.1) is 6.61 Å². The highest BCUT2D eigenvalue weighted by molar-refractivity contribution is 5.97. The normalized spacial score (nSPS) is 10.9. The molecule has 0 atom stereocenters. The minimum absolute atomic E-state index is 0.505. The summed E-state index contributed by atoms with van der Waals surface area (Å²) >= 11 is 0. The fraction of sp³-hybridized carbons (Fsp3) is 0.100. The number of nitrogens with two attached hydrogens (primary N) is 1. The van der Waals surface area contributed by atoms with E-state index < -0.39 is 0 Å². The first kappa shape index (κ1) is 15.2. The Balaban J connectivity index is 1.86. The van der Waals surface area contributed by atoms with E-state index >= 15 is 0 Å². The summed E-state index contributed by atoms with van der Waals surface area (Å²) in [4.78, 5) is 12.0. The number of ether oxygens (including phenoxy) is 1. The van der Waals surface area contributed by atoms with E-state index in [4.69, 9.17) is 10.5 Å². The van der Waals surface area contributed by atoms with Gasteiger partial charge in [0.15, 0.2) is 0 Å². The lowest BCUT2D eigenvalue weighted by Gasteiger charge is -2.09. The van der Waals surface area contributed by atoms with Gasteiger partial charge in [0.25, 0.3) is 0 Å². The standard InChI is InChI=1S/C20H18N4O/c1-2-25-18-6-4-3-5-15(18)17-12-24-20-16(17)9-14(11-23-20)13-7-8-19(21)22-10-13/h3-12H,2H2,1H3,(H2,21,22)(H,23,24). The number of nitrogens with zero attached hydrogens (tertiary/aromatic N) is 2. The topological polar surface area (TPSA) is 76.8 Å². The lowest BCUT2D eigenvalue weighted by Crippen LogP contribution is -1.93. The molecular weight excluding hydrogens is 312 g/mol. The van der Waals surface area contributed by atoms with Gasteiger partial charge in [-0.05, 0) is 31.2 Å². The van der Waals surface area contributed by atoms with E-state index in [1.807, 2.05) is 43.6 Å². The Bertz CT molecular complexity index is 1020. The first-order valence-electron chi connectivity index (χ1n) is 8.17. The molecule has 0 aliphatic carbocycles. The molecule has 0 aliphatic rings. The van der Waals surface area contributed by atoms with Crippen molar-refractivity contribution in [3.63, 3.8) is 0 Å². The minimum Gasteiger partial charge on any atom is -0.493 e. The molecule has 0 amide bonds. The third-order valence-corrected chi connectivity index (χ3v) is 4.13. The van der Waals surface area contributed by atoms with Crippen molar-refractivity contribution in [2.45, 2.75) is 6.92 Å². The summed E-state index contributed by atoms with van der Waals surface area (Å²) in [6.07, 6.45) is 5.57. The SMILES string of the molecule is CCOc1ccccc1-c1c[nH]c2ncc(-c3ccc(N)nc3)cc12. The zero-order chi connectivity index (χ0) is 17.2. The number of nitrogens with one attached hydrogen (secondary N) is 1. The van der Waals surface area contributed by atoms with E-state index in [0.717, 1.165) is 39.0 Å². The number of aromatic amines is 1. The molecule has 0 radical (unpaired) electrons. The molecule has 0 saturated heterocycles. The highest BCUT2D eigenvalue weighted by Gasteiger charge is 2.12. The van der Waals surface area contributed by atoms with Crippen molar-refractivity contribution in [2.24, 2.45) is 0 Å². The molecule has 3 N–H and O–H groups in total. The number of fused-ring (bicyclic) bond motifs is 1. The van der Waals surface area contributed by atoms with Crippen molar-refractivity contribution in [2.75, 3.05) is 12.3 Å². The number of para-hydroxylation sites is 1. The first-order valence-corrected chi connectivity index (χ1v) is 8.17. The second kappa shape index (κ2) is 6.28. The summed E-state index contributed by atoms with van der Waals surface area (Å²) in [5.41, 5.74) is 10.6. The van der Waals surface area contributed by atoms with Crippen LogP contribution in [0.15, 0.2) is 61.1 Å². The fourth-order valence-electron chi connectivity index (χ4n) is 2.93. The first-order chi connectivity index (χ1) is 12.3. The smallest absolute Gasteiger partial charge is 0.137 e. The second-order valence-corrected chi connectivity index (χ2v) is 5.72. The molecule has 0 fully saturated rings. The number of aromatic nitrogens is 3. The Morgan fingerprint density at radius 2 is 1.84 bits per heavy atom. The molecule has 1 aromatic carbocycles. The number of hydrogen-bond acceptors (Lipinski definition) is 4. The molecule has 0 bridgehead atoms. The van der Waals surface area contributed by atoms with Crippen molar-refractivity contribution in [3.8, 4) is 28.0 Å². The predicted octanol–water partition coefficient (Wildman–Crippen LogP) is 4.27. The van der Waals surface area contributed by atoms with E-state index in [-0.39, 0.29) is 0 Å². The molecule has 0 spiro atoms. The maximum atomic E-state index is 5.78. The summed E-state index contributed by atoms with van der Waals surface area (Å²) in [7, 11) is 0. The summed E-state index contributed by atoms with van der Waals surface area (Å²) < 4.78 is 5.78. The molecule has 5 heteroatoms. The van der Waals surface area contributed by atoms with Crippen molar-refractivity contribution in [1.82, 2.24) is 15.0 Å². The summed E-state index contributed by atoms with van der Waals surface area (Å²) in [6.45, 7) is 2.61. The molecule has 4 aromatic rings. The van der Waals surface area contributed by atoms with Crippen LogP contribution in [-0.4, -0.2) is 21.6 Å². The van der Waals surface area contributed by atoms with Crippen molar-refractivity contribution < 1.29 is 4.74 Å². The van der Waals surface area contributed by atoms with Crippen molar-refractivity contribution >= 4 is 16.9 Å². The Kier molecular flexibility index (Phi) is 3.82. The molecular formula is C20H18N4O. The summed E-state index contributed by atoms with van der Waals surface area (Å²) in [5, 5.41) is 1.04. The van der Waals surface area contributed by atoms with E-state index in [0.29, 0.717) is 12.4 Å². The monoisotopic (exact) mass is 330 g/mol. The van der Waals surface area contributed by atoms with Crippen LogP contribution in [-0.2, 0) is 0 Å². The highest BCUT2D eigenvalue weighted by Crippen LogP contribution is 2.36. The van der Waals surface area contributed by atoms with Gasteiger partial charge in [-0.3, -0.25) is 0 Å². The zero-order valence-electron chi connectivity index (χ0n) is 13.9. The van der Waals surface area contributed by atoms with Crippen LogP contribution >= 0.6 is 0 Å². The molecule has 4 rings (SSSR count). The molecule has 5 nitrogen and oxygen atoms in total. The third kappa shape index (κ3) is 2.80. The molecule has 3 heterocycles. The summed E-state index contributed by atoms with van der Waals surface area (Å²) in [6, 6.07) is 13.9. The van der Waals surface area contributed by atoms with Crippen LogP contribution in [0.1, 0.15) is 6.92 Å². The van der Waals surface area contributed by atoms with Crippen LogP contribution in [0.5, 0.6) is 5.75 Å². The molecule has 3 aromatic heterocycles. The Hall–Kier alpha value is -3.34. The molecule has 0 unspecified atom stereocenters. The van der Waals surface area contributed by atoms with Gasteiger partial charge in [-0.1, -0.05) is 18.2 Å². The van der Waals surface area contributed by atoms with Crippen LogP contribution in [0.25, 0.3) is 33.3 Å². The van der Waals surface area contributed by atoms with Gasteiger partial charge in [0.2, 0.25) is 0 Å². The maximum Gasteiger partial charge on any atom is 0.137 e. The van der Waals surface area contributed by atoms with E-state index in [1.165, 1.54) is 0 Å². The van der Waals surface area contributed by atoms with E-state index in [1.54, 1.807) is 12.3 Å². The van der Waals surface area contributed by atoms with Crippen LogP contribution < -0.4 is 10.5 Å². The lowest BCUT2D eigenvalue weighted by molar-refractivity contribution is 0.341. The van der Waals surface area contributed by atoms with Gasteiger partial charge in [0, 0.05) is 46.2 Å². The van der Waals surface area contributed by atoms with Gasteiger partial charge >= 0.3 is 0 Å². The largest absolute Gasteiger partial charge is 0.493 e. The van der Waals surface area contributed by atoms with Gasteiger partial charge in [-0.25, -0.2) is 9.97 Å². The molecule has 0 aliphatic heterocycles. The third-order valence-electron chi connectivity index (χ3n) is 4.13. The zero-order valence-corrected chi connectivity index (χ0v) is 13.9. The maximum absolute atomic E-state index is 5.78. The quantitative estimate of drug-likeness (QED) is 0.586. The number of anilines is 1. The van der Waals surface area contributed by atoms with Crippen molar-refractivity contribution in [3.05, 3.63) is 61.1 Å². The van der Waals surface area contributed by atoms with Crippen LogP contribution in [0.4, 0.5) is 5.82 Å². The molecule has 124 valence electrons. The van der Waals surface area contributed by atoms with Crippen LogP contribution in [0, 0.1) is 0 Å². The van der Waals surface area contributed by atoms with Gasteiger partial charge in [-0.15, -0.1) is 0 Å². The molecule has 0 saturated carbocycles. The number of pyridine rings is 2. The highest BCUT2D eigenvalue weighted by atomic mass is 16.5. The number of rotatable bonds is 4. The average molecular weight is 330 g/mol. The Labute approximate surface area is 145 Å². The number of H-pyrrole nitrogens is 1. The average Bonchev–Trinajstić information content (AvgIpc) is 3.06. The van der Waals surface area contributed by atoms with E-state index in [9.17, 15) is 0 Å². The van der Waals surface area contributed by atoms with Gasteiger partial charge in [0.1, 0.15) is 17.2 Å². The number of nitrogen functional groups attached to an aromatic ring is 1. The van der Waals surface area contributed by atoms with E-state index in [2.05, 4.69) is 27.1 Å². The number of hydrogen-bond donors (Lipinski definition) is 2. The lowest BCUT2D eigenvalue weighted by atomic mass is 10.0. The van der Waals surface area contributed by atoms with Gasteiger partial charge in [-0.2, -0.15) is 0 Å². The minimum atomic E-state index is 0.505. The van der Waals surface area contributed by atoms with Crippen molar-refractivity contribution in [1.29, 1.82) is 0 Å². The second-order valence-electron chi connectivity index (χ2n) is 5.72. The van der Waals surface area contributed by atoms with Crippen LogP contribution in [0.3, 0.4) is 0 Å². The fourth-order valence-corrected chi connectivity index (χ4v) is 2.93. The van der Waals surface area contributed by atoms with Gasteiger partial charge < -0.3 is 15.5 Å². The number of benzene rings is 1. The molecule has 25 heavy (non-hydrogen) atoms.